The minimum Gasteiger partial charge on any atom is -0.508 e. The van der Waals surface area contributed by atoms with E-state index in [0.717, 1.165) is 16.7 Å². The monoisotopic (exact) mass is 684 g/mol. The molecule has 1 aliphatic rings. The Morgan fingerprint density at radius 2 is 1.22 bits per heavy atom. The van der Waals surface area contributed by atoms with Crippen LogP contribution in [0.4, 0.5) is 0 Å². The van der Waals surface area contributed by atoms with Crippen LogP contribution in [0.25, 0.3) is 6.08 Å². The number of rotatable bonds is 14. The molecule has 1 heterocycles. The molecule has 0 radical (unpaired) electrons. The fourth-order valence-electron chi connectivity index (χ4n) is 5.79. The highest BCUT2D eigenvalue weighted by Gasteiger charge is 2.40. The summed E-state index contributed by atoms with van der Waals surface area (Å²) in [4.78, 5) is 26.8. The lowest BCUT2D eigenvalue weighted by Crippen LogP contribution is -2.31. The van der Waals surface area contributed by atoms with Crippen LogP contribution in [0.15, 0.2) is 72.8 Å². The molecule has 12 nitrogen and oxygen atoms in total. The fraction of sp³-hybridized carbons (Fsp3) is 0.263. The van der Waals surface area contributed by atoms with Gasteiger partial charge in [0.05, 0.1) is 42.7 Å². The molecule has 4 aromatic carbocycles. The number of ether oxygens (including phenoxy) is 7. The van der Waals surface area contributed by atoms with Crippen molar-refractivity contribution in [2.45, 2.75) is 25.1 Å². The van der Waals surface area contributed by atoms with Crippen molar-refractivity contribution in [3.63, 3.8) is 0 Å². The van der Waals surface area contributed by atoms with E-state index in [1.165, 1.54) is 48.7 Å². The molecular formula is C38H40N2O10. The Bertz CT molecular complexity index is 1820. The summed E-state index contributed by atoms with van der Waals surface area (Å²) in [5.41, 5.74) is 3.57. The largest absolute Gasteiger partial charge is 0.508 e. The van der Waals surface area contributed by atoms with Crippen molar-refractivity contribution in [2.75, 3.05) is 42.7 Å². The maximum Gasteiger partial charge on any atom is 0.244 e. The van der Waals surface area contributed by atoms with Crippen LogP contribution >= 0.6 is 0 Å². The van der Waals surface area contributed by atoms with Crippen molar-refractivity contribution < 1.29 is 47.9 Å². The summed E-state index contributed by atoms with van der Waals surface area (Å²) in [5, 5.41) is 15.8. The summed E-state index contributed by atoms with van der Waals surface area (Å²) in [6, 6.07) is 19.1. The molecule has 12 heteroatoms. The number of methoxy groups -OCH3 is 6. The molecule has 50 heavy (non-hydrogen) atoms. The molecule has 1 aliphatic heterocycles. The molecule has 0 bridgehead atoms. The van der Waals surface area contributed by atoms with Gasteiger partial charge in [-0.15, -0.1) is 0 Å². The zero-order valence-electron chi connectivity index (χ0n) is 28.7. The van der Waals surface area contributed by atoms with Crippen LogP contribution in [0, 0.1) is 0 Å². The molecule has 3 N–H and O–H groups in total. The van der Waals surface area contributed by atoms with Crippen molar-refractivity contribution in [3.8, 4) is 46.0 Å². The minimum absolute atomic E-state index is 0.101. The van der Waals surface area contributed by atoms with E-state index >= 15 is 0 Å². The first kappa shape index (κ1) is 35.3. The molecule has 0 saturated heterocycles. The lowest BCUT2D eigenvalue weighted by atomic mass is 9.89. The van der Waals surface area contributed by atoms with Crippen LogP contribution in [0.2, 0.25) is 0 Å². The number of benzene rings is 4. The van der Waals surface area contributed by atoms with Gasteiger partial charge in [-0.2, -0.15) is 0 Å². The third kappa shape index (κ3) is 7.64. The van der Waals surface area contributed by atoms with E-state index in [4.69, 9.17) is 33.2 Å². The Hall–Kier alpha value is -6.04. The smallest absolute Gasteiger partial charge is 0.244 e. The normalized spacial score (nSPS) is 14.7. The van der Waals surface area contributed by atoms with Crippen molar-refractivity contribution in [3.05, 3.63) is 101 Å². The van der Waals surface area contributed by atoms with Crippen molar-refractivity contribution >= 4 is 17.9 Å². The van der Waals surface area contributed by atoms with Crippen LogP contribution in [0.1, 0.15) is 39.8 Å². The number of fused-ring (bicyclic) bond motifs is 1. The van der Waals surface area contributed by atoms with Gasteiger partial charge in [0.2, 0.25) is 23.3 Å². The fourth-order valence-corrected chi connectivity index (χ4v) is 5.79. The maximum absolute atomic E-state index is 14.0. The molecule has 0 spiro atoms. The molecule has 0 aromatic heterocycles. The van der Waals surface area contributed by atoms with E-state index in [1.807, 2.05) is 12.1 Å². The first-order valence-corrected chi connectivity index (χ1v) is 15.6. The van der Waals surface area contributed by atoms with Crippen LogP contribution in [0.3, 0.4) is 0 Å². The summed E-state index contributed by atoms with van der Waals surface area (Å²) in [5.74, 6) is 2.13. The number of amides is 2. The standard InChI is InChI=1S/C38H40N2O10/c1-44-29-16-23(17-30(45-2)36(29)48-5)20-39-33(42)14-8-22-7-13-28-27(15-22)34(35(50-28)25-9-11-26(41)12-10-25)38(43)40-21-24-18-31(46-3)37(49-6)32(19-24)47-4/h7-19,34-35,41H,20-21H2,1-6H3,(H,39,42)(H,40,43)/b14-8+/t34-,35+/m1/s1. The lowest BCUT2D eigenvalue weighted by molar-refractivity contribution is -0.124. The summed E-state index contributed by atoms with van der Waals surface area (Å²) >= 11 is 0. The van der Waals surface area contributed by atoms with Gasteiger partial charge in [-0.25, -0.2) is 0 Å². The van der Waals surface area contributed by atoms with Gasteiger partial charge in [-0.3, -0.25) is 9.59 Å². The molecule has 0 unspecified atom stereocenters. The van der Waals surface area contributed by atoms with E-state index in [1.54, 1.807) is 60.7 Å². The molecule has 262 valence electrons. The lowest BCUT2D eigenvalue weighted by Gasteiger charge is -2.20. The molecule has 2 atom stereocenters. The predicted molar refractivity (Wildman–Crippen MR) is 186 cm³/mol. The second-order valence-electron chi connectivity index (χ2n) is 11.2. The molecule has 4 aromatic rings. The maximum atomic E-state index is 14.0. The number of carbonyl (C=O) groups excluding carboxylic acids is 2. The highest BCUT2D eigenvalue weighted by Crippen LogP contribution is 2.47. The number of aromatic hydroxyl groups is 1. The Balaban J connectivity index is 1.35. The van der Waals surface area contributed by atoms with Gasteiger partial charge >= 0.3 is 0 Å². The molecular weight excluding hydrogens is 644 g/mol. The molecule has 5 rings (SSSR count). The van der Waals surface area contributed by atoms with Crippen LogP contribution in [0.5, 0.6) is 46.0 Å². The van der Waals surface area contributed by atoms with Gasteiger partial charge < -0.3 is 48.9 Å². The second-order valence-corrected chi connectivity index (χ2v) is 11.2. The zero-order chi connectivity index (χ0) is 35.8. The summed E-state index contributed by atoms with van der Waals surface area (Å²) < 4.78 is 38.8. The van der Waals surface area contributed by atoms with Crippen molar-refractivity contribution in [1.29, 1.82) is 0 Å². The zero-order valence-corrected chi connectivity index (χ0v) is 28.7. The van der Waals surface area contributed by atoms with E-state index in [9.17, 15) is 14.7 Å². The van der Waals surface area contributed by atoms with E-state index in [-0.39, 0.29) is 30.7 Å². The summed E-state index contributed by atoms with van der Waals surface area (Å²) in [6.45, 7) is 0.399. The highest BCUT2D eigenvalue weighted by atomic mass is 16.5. The number of phenols is 1. The Labute approximate surface area is 290 Å². The first-order valence-electron chi connectivity index (χ1n) is 15.6. The van der Waals surface area contributed by atoms with E-state index in [2.05, 4.69) is 10.6 Å². The third-order valence-electron chi connectivity index (χ3n) is 8.24. The number of hydrogen-bond acceptors (Lipinski definition) is 10. The predicted octanol–water partition coefficient (Wildman–Crippen LogP) is 5.31. The number of hydrogen-bond donors (Lipinski definition) is 3. The third-order valence-corrected chi connectivity index (χ3v) is 8.24. The van der Waals surface area contributed by atoms with E-state index in [0.29, 0.717) is 51.4 Å². The average Bonchev–Trinajstić information content (AvgIpc) is 3.53. The number of carbonyl (C=O) groups is 2. The van der Waals surface area contributed by atoms with Gasteiger partial charge in [0.15, 0.2) is 23.0 Å². The van der Waals surface area contributed by atoms with Crippen LogP contribution in [-0.2, 0) is 22.7 Å². The summed E-state index contributed by atoms with van der Waals surface area (Å²) in [6.07, 6.45) is 2.43. The Morgan fingerprint density at radius 3 is 1.72 bits per heavy atom. The van der Waals surface area contributed by atoms with Gasteiger partial charge in [0.1, 0.15) is 23.5 Å². The van der Waals surface area contributed by atoms with Crippen LogP contribution in [-0.4, -0.2) is 59.6 Å². The van der Waals surface area contributed by atoms with Crippen molar-refractivity contribution in [1.82, 2.24) is 10.6 Å². The van der Waals surface area contributed by atoms with E-state index < -0.39 is 12.0 Å². The van der Waals surface area contributed by atoms with Gasteiger partial charge in [-0.1, -0.05) is 18.2 Å². The molecule has 0 aliphatic carbocycles. The molecule has 2 amide bonds. The average molecular weight is 685 g/mol. The minimum atomic E-state index is -0.737. The Morgan fingerprint density at radius 1 is 0.700 bits per heavy atom. The highest BCUT2D eigenvalue weighted by molar-refractivity contribution is 5.92. The Kier molecular flexibility index (Phi) is 11.2. The second kappa shape index (κ2) is 15.9. The number of nitrogens with one attached hydrogen (secondary N) is 2. The molecule has 0 saturated carbocycles. The van der Waals surface area contributed by atoms with Gasteiger partial charge in [0.25, 0.3) is 0 Å². The summed E-state index contributed by atoms with van der Waals surface area (Å²) in [7, 11) is 9.16. The van der Waals surface area contributed by atoms with Crippen molar-refractivity contribution in [2.24, 2.45) is 0 Å². The van der Waals surface area contributed by atoms with Gasteiger partial charge in [0, 0.05) is 24.7 Å². The quantitative estimate of drug-likeness (QED) is 0.150. The topological polar surface area (TPSA) is 143 Å². The number of phenolic OH excluding ortho intramolecular Hbond substituents is 1. The molecule has 0 fully saturated rings. The van der Waals surface area contributed by atoms with Gasteiger partial charge in [-0.05, 0) is 76.9 Å². The SMILES string of the molecule is COc1cc(CNC(=O)/C=C/c2ccc3c(c2)[C@@H](C(=O)NCc2cc(OC)c(OC)c(OC)c2)[C@H](c2ccc(O)cc2)O3)cc(OC)c1OC. The first-order chi connectivity index (χ1) is 24.2. The van der Waals surface area contributed by atoms with Crippen LogP contribution < -0.4 is 43.8 Å².